The highest BCUT2D eigenvalue weighted by Crippen LogP contribution is 2.40. The number of hydrogen-bond acceptors (Lipinski definition) is 2. The lowest BCUT2D eigenvalue weighted by Crippen LogP contribution is -2.34. The monoisotopic (exact) mass is 201 g/mol. The molecule has 2 nitrogen and oxygen atoms in total. The molecule has 1 fully saturated rings. The molecule has 1 aliphatic carbocycles. The molecule has 0 bridgehead atoms. The summed E-state index contributed by atoms with van der Waals surface area (Å²) in [5.74, 6) is 1.06. The summed E-state index contributed by atoms with van der Waals surface area (Å²) in [6, 6.07) is 6.30. The minimum absolute atomic E-state index is 0.253. The Bertz CT molecular complexity index is 425. The Labute approximate surface area is 89.7 Å². The fourth-order valence-electron chi connectivity index (χ4n) is 2.91. The van der Waals surface area contributed by atoms with E-state index >= 15 is 0 Å². The van der Waals surface area contributed by atoms with Crippen molar-refractivity contribution in [1.82, 2.24) is 5.32 Å². The molecule has 0 unspecified atom stereocenters. The maximum Gasteiger partial charge on any atom is 0.166 e. The molecule has 1 aliphatic heterocycles. The maximum absolute atomic E-state index is 12.2. The Hall–Kier alpha value is -1.15. The molecular weight excluding hydrogens is 186 g/mol. The third-order valence-corrected chi connectivity index (χ3v) is 3.69. The van der Waals surface area contributed by atoms with Crippen molar-refractivity contribution in [2.45, 2.75) is 19.3 Å². The summed E-state index contributed by atoms with van der Waals surface area (Å²) in [7, 11) is 0. The molecule has 2 heteroatoms. The van der Waals surface area contributed by atoms with Gasteiger partial charge in [-0.25, -0.2) is 0 Å². The van der Waals surface area contributed by atoms with Gasteiger partial charge in [-0.2, -0.15) is 0 Å². The van der Waals surface area contributed by atoms with Gasteiger partial charge < -0.3 is 5.32 Å². The molecule has 2 aliphatic rings. The summed E-state index contributed by atoms with van der Waals surface area (Å²) in [5, 5.41) is 3.38. The summed E-state index contributed by atoms with van der Waals surface area (Å²) in [6.45, 7) is 4.00. The van der Waals surface area contributed by atoms with Gasteiger partial charge in [0.2, 0.25) is 0 Å². The van der Waals surface area contributed by atoms with E-state index in [1.54, 1.807) is 0 Å². The van der Waals surface area contributed by atoms with E-state index in [1.165, 1.54) is 11.1 Å². The second-order valence-electron chi connectivity index (χ2n) is 4.66. The molecule has 2 atom stereocenters. The van der Waals surface area contributed by atoms with E-state index in [-0.39, 0.29) is 5.92 Å². The van der Waals surface area contributed by atoms with Crippen LogP contribution in [-0.4, -0.2) is 18.9 Å². The van der Waals surface area contributed by atoms with Crippen molar-refractivity contribution in [1.29, 1.82) is 0 Å². The Morgan fingerprint density at radius 2 is 2.20 bits per heavy atom. The summed E-state index contributed by atoms with van der Waals surface area (Å²) >= 11 is 0. The van der Waals surface area contributed by atoms with Crippen LogP contribution in [-0.2, 0) is 0 Å². The van der Waals surface area contributed by atoms with Gasteiger partial charge in [0, 0.05) is 23.9 Å². The first-order chi connectivity index (χ1) is 7.27. The fourth-order valence-corrected chi connectivity index (χ4v) is 2.91. The van der Waals surface area contributed by atoms with E-state index in [1.807, 2.05) is 6.92 Å². The Balaban J connectivity index is 2.11. The normalized spacial score (nSPS) is 28.7. The minimum Gasteiger partial charge on any atom is -0.316 e. The fraction of sp³-hybridized carbons (Fsp3) is 0.462. The summed E-state index contributed by atoms with van der Waals surface area (Å²) in [5.41, 5.74) is 3.44. The Morgan fingerprint density at radius 1 is 1.33 bits per heavy atom. The van der Waals surface area contributed by atoms with Crippen LogP contribution in [0.1, 0.15) is 33.8 Å². The lowest BCUT2D eigenvalue weighted by molar-refractivity contribution is 0.0904. The number of ketones is 1. The lowest BCUT2D eigenvalue weighted by atomic mass is 9.87. The molecular formula is C13H15NO. The molecule has 1 N–H and O–H groups in total. The highest BCUT2D eigenvalue weighted by atomic mass is 16.1. The van der Waals surface area contributed by atoms with Crippen LogP contribution in [0.5, 0.6) is 0 Å². The van der Waals surface area contributed by atoms with Crippen LogP contribution in [0.2, 0.25) is 0 Å². The van der Waals surface area contributed by atoms with E-state index in [9.17, 15) is 4.79 Å². The van der Waals surface area contributed by atoms with Crippen molar-refractivity contribution in [3.63, 3.8) is 0 Å². The average Bonchev–Trinajstić information content (AvgIpc) is 2.54. The van der Waals surface area contributed by atoms with Gasteiger partial charge in [0.05, 0.1) is 0 Å². The van der Waals surface area contributed by atoms with Crippen molar-refractivity contribution >= 4 is 5.78 Å². The van der Waals surface area contributed by atoms with Crippen LogP contribution < -0.4 is 5.32 Å². The number of rotatable bonds is 0. The Morgan fingerprint density at radius 3 is 3.07 bits per heavy atom. The highest BCUT2D eigenvalue weighted by Gasteiger charge is 2.40. The van der Waals surface area contributed by atoms with Crippen molar-refractivity contribution in [2.75, 3.05) is 13.1 Å². The predicted molar refractivity (Wildman–Crippen MR) is 59.2 cm³/mol. The number of fused-ring (bicyclic) bond motifs is 3. The zero-order valence-corrected chi connectivity index (χ0v) is 8.92. The smallest absolute Gasteiger partial charge is 0.166 e. The van der Waals surface area contributed by atoms with Gasteiger partial charge in [-0.1, -0.05) is 17.7 Å². The molecule has 0 spiro atoms. The number of nitrogens with one attached hydrogen (secondary N) is 1. The molecule has 0 aromatic heterocycles. The number of carbonyl (C=O) groups is 1. The standard InChI is InChI=1S/C13H15NO/c1-8-2-3-9-11(6-8)13(15)10-4-5-14-7-12(9)10/h2-3,6,10,12,14H,4-5,7H2,1H3/t10-,12-/m1/s1. The van der Waals surface area contributed by atoms with Crippen LogP contribution in [0.25, 0.3) is 0 Å². The molecule has 0 amide bonds. The summed E-state index contributed by atoms with van der Waals surface area (Å²) in [4.78, 5) is 12.2. The lowest BCUT2D eigenvalue weighted by Gasteiger charge is -2.25. The molecule has 78 valence electrons. The van der Waals surface area contributed by atoms with E-state index in [0.29, 0.717) is 11.7 Å². The second kappa shape index (κ2) is 3.17. The molecule has 1 saturated heterocycles. The van der Waals surface area contributed by atoms with Crippen molar-refractivity contribution in [2.24, 2.45) is 5.92 Å². The van der Waals surface area contributed by atoms with Gasteiger partial charge >= 0.3 is 0 Å². The number of Topliss-reactive ketones (excluding diaryl/α,β-unsaturated/α-hetero) is 1. The first kappa shape index (κ1) is 9.10. The van der Waals surface area contributed by atoms with Gasteiger partial charge in [0.25, 0.3) is 0 Å². The molecule has 1 heterocycles. The molecule has 3 rings (SSSR count). The topological polar surface area (TPSA) is 29.1 Å². The zero-order chi connectivity index (χ0) is 10.4. The van der Waals surface area contributed by atoms with E-state index in [2.05, 4.69) is 23.5 Å². The predicted octanol–water partition coefficient (Wildman–Crippen LogP) is 1.88. The van der Waals surface area contributed by atoms with Crippen LogP contribution in [0.4, 0.5) is 0 Å². The third kappa shape index (κ3) is 1.25. The van der Waals surface area contributed by atoms with E-state index in [4.69, 9.17) is 0 Å². The van der Waals surface area contributed by atoms with Crippen LogP contribution in [0.15, 0.2) is 18.2 Å². The summed E-state index contributed by atoms with van der Waals surface area (Å²) in [6.07, 6.45) is 0.997. The van der Waals surface area contributed by atoms with Gasteiger partial charge in [0.15, 0.2) is 5.78 Å². The van der Waals surface area contributed by atoms with Gasteiger partial charge in [-0.15, -0.1) is 0 Å². The zero-order valence-electron chi connectivity index (χ0n) is 8.92. The number of benzene rings is 1. The third-order valence-electron chi connectivity index (χ3n) is 3.69. The van der Waals surface area contributed by atoms with Crippen molar-refractivity contribution in [3.05, 3.63) is 34.9 Å². The first-order valence-electron chi connectivity index (χ1n) is 5.63. The largest absolute Gasteiger partial charge is 0.316 e. The molecule has 1 aromatic rings. The second-order valence-corrected chi connectivity index (χ2v) is 4.66. The number of carbonyl (C=O) groups excluding carboxylic acids is 1. The van der Waals surface area contributed by atoms with Gasteiger partial charge in [-0.3, -0.25) is 4.79 Å². The first-order valence-corrected chi connectivity index (χ1v) is 5.63. The quantitative estimate of drug-likeness (QED) is 0.694. The van der Waals surface area contributed by atoms with Gasteiger partial charge in [0.1, 0.15) is 0 Å². The average molecular weight is 201 g/mol. The molecule has 0 radical (unpaired) electrons. The van der Waals surface area contributed by atoms with E-state index in [0.717, 1.165) is 25.1 Å². The SMILES string of the molecule is Cc1ccc2c(c1)C(=O)[C@@H]1CCNC[C@H]21. The highest BCUT2D eigenvalue weighted by molar-refractivity contribution is 6.03. The minimum atomic E-state index is 0.253. The van der Waals surface area contributed by atoms with E-state index < -0.39 is 0 Å². The molecule has 1 aromatic carbocycles. The molecule has 0 saturated carbocycles. The summed E-state index contributed by atoms with van der Waals surface area (Å²) < 4.78 is 0. The maximum atomic E-state index is 12.2. The number of hydrogen-bond donors (Lipinski definition) is 1. The van der Waals surface area contributed by atoms with Crippen LogP contribution >= 0.6 is 0 Å². The van der Waals surface area contributed by atoms with Crippen LogP contribution in [0, 0.1) is 12.8 Å². The van der Waals surface area contributed by atoms with Crippen molar-refractivity contribution in [3.8, 4) is 0 Å². The number of piperidine rings is 1. The van der Waals surface area contributed by atoms with Gasteiger partial charge in [-0.05, 0) is 31.5 Å². The molecule has 15 heavy (non-hydrogen) atoms. The number of aryl methyl sites for hydroxylation is 1. The van der Waals surface area contributed by atoms with Crippen molar-refractivity contribution < 1.29 is 4.79 Å². The van der Waals surface area contributed by atoms with Crippen LogP contribution in [0.3, 0.4) is 0 Å². The Kier molecular flexibility index (Phi) is 1.93.